The normalized spacial score (nSPS) is 14.4. The van der Waals surface area contributed by atoms with Gasteiger partial charge in [0.05, 0.1) is 26.4 Å². The molecule has 0 amide bonds. The molecule has 3 N–H and O–H groups in total. The van der Waals surface area contributed by atoms with Crippen molar-refractivity contribution in [2.45, 2.75) is 414 Å². The van der Waals surface area contributed by atoms with Crippen molar-refractivity contribution in [2.75, 3.05) is 39.6 Å². The number of hydrogen-bond donors (Lipinski definition) is 3. The van der Waals surface area contributed by atoms with E-state index in [2.05, 4.69) is 55.4 Å². The molecular weight excluding hydrogens is 1270 g/mol. The molecule has 0 radical (unpaired) electrons. The summed E-state index contributed by atoms with van der Waals surface area (Å²) in [5.41, 5.74) is 0. The summed E-state index contributed by atoms with van der Waals surface area (Å²) in [6, 6.07) is 0. The summed E-state index contributed by atoms with van der Waals surface area (Å²) >= 11 is 0. The van der Waals surface area contributed by atoms with Crippen LogP contribution in [0.25, 0.3) is 0 Å². The molecule has 0 aliphatic heterocycles. The number of carbonyl (C=O) groups is 4. The van der Waals surface area contributed by atoms with Crippen LogP contribution in [0.15, 0.2) is 0 Å². The molecule has 0 spiro atoms. The van der Waals surface area contributed by atoms with Crippen LogP contribution in [0.1, 0.15) is 396 Å². The second kappa shape index (κ2) is 67.2. The molecule has 0 aliphatic rings. The SMILES string of the molecule is CCC(C)CCCCCCCCC(=O)OC[C@H](COP(=O)(O)OC[C@H](O)COP(=O)(O)OC[C@@H](COC(=O)CCCCCCCCCCCC(C)C)OC(=O)CCCCCCCCCCCCCCCCCCCCC(C)C)OC(=O)CCCCCCCCCCCCCC(C)C. The lowest BCUT2D eigenvalue weighted by molar-refractivity contribution is -0.161. The number of unbranched alkanes of at least 4 members (excludes halogenated alkanes) is 40. The maximum absolute atomic E-state index is 13.1. The molecule has 19 heteroatoms. The van der Waals surface area contributed by atoms with Crippen LogP contribution >= 0.6 is 15.6 Å². The first kappa shape index (κ1) is 95.1. The molecule has 3 unspecified atom stereocenters. The summed E-state index contributed by atoms with van der Waals surface area (Å²) in [7, 11) is -9.92. The van der Waals surface area contributed by atoms with E-state index in [0.717, 1.165) is 120 Å². The number of phosphoric ester groups is 2. The lowest BCUT2D eigenvalue weighted by Gasteiger charge is -2.21. The molecule has 0 rings (SSSR count). The van der Waals surface area contributed by atoms with Crippen molar-refractivity contribution in [2.24, 2.45) is 23.7 Å². The van der Waals surface area contributed by atoms with Crippen molar-refractivity contribution in [3.8, 4) is 0 Å². The number of aliphatic hydroxyl groups is 1. The van der Waals surface area contributed by atoms with Crippen LogP contribution in [0.2, 0.25) is 0 Å². The number of rotatable bonds is 75. The zero-order valence-corrected chi connectivity index (χ0v) is 65.5. The largest absolute Gasteiger partial charge is 0.472 e. The summed E-state index contributed by atoms with van der Waals surface area (Å²) in [4.78, 5) is 72.9. The highest BCUT2D eigenvalue weighted by molar-refractivity contribution is 7.47. The third-order valence-electron chi connectivity index (χ3n) is 18.4. The van der Waals surface area contributed by atoms with E-state index < -0.39 is 97.5 Å². The summed E-state index contributed by atoms with van der Waals surface area (Å²) in [6.07, 6.45) is 52.8. The van der Waals surface area contributed by atoms with Gasteiger partial charge in [-0.1, -0.05) is 344 Å². The molecule has 0 aromatic carbocycles. The Morgan fingerprint density at radius 3 is 0.732 bits per heavy atom. The van der Waals surface area contributed by atoms with Gasteiger partial charge in [0.2, 0.25) is 0 Å². The number of hydrogen-bond acceptors (Lipinski definition) is 15. The summed E-state index contributed by atoms with van der Waals surface area (Å²) in [6.45, 7) is 14.2. The quantitative estimate of drug-likeness (QED) is 0.0222. The van der Waals surface area contributed by atoms with Gasteiger partial charge in [-0.15, -0.1) is 0 Å². The zero-order valence-electron chi connectivity index (χ0n) is 63.7. The van der Waals surface area contributed by atoms with Crippen LogP contribution in [-0.4, -0.2) is 96.7 Å². The second-order valence-electron chi connectivity index (χ2n) is 29.8. The molecule has 0 heterocycles. The highest BCUT2D eigenvalue weighted by atomic mass is 31.2. The minimum atomic E-state index is -4.96. The molecule has 0 aliphatic carbocycles. The number of phosphoric acid groups is 2. The predicted molar refractivity (Wildman–Crippen MR) is 395 cm³/mol. The van der Waals surface area contributed by atoms with E-state index in [-0.39, 0.29) is 25.7 Å². The van der Waals surface area contributed by atoms with Crippen molar-refractivity contribution >= 4 is 39.5 Å². The predicted octanol–water partition coefficient (Wildman–Crippen LogP) is 22.8. The van der Waals surface area contributed by atoms with E-state index in [1.165, 1.54) is 193 Å². The van der Waals surface area contributed by atoms with Crippen molar-refractivity contribution in [1.29, 1.82) is 0 Å². The zero-order chi connectivity index (χ0) is 71.7. The number of carbonyl (C=O) groups excluding carboxylic acids is 4. The standard InChI is InChI=1S/C78H152O17P2/c1-9-71(8)57-49-41-36-37-43-51-59-76(81)89-65-74(95-78(83)61-53-45-35-28-22-18-20-25-31-39-47-55-69(4)5)67-93-97(86,87)91-63-72(79)62-90-96(84,85)92-66-73(64-88-75(80)58-50-42-33-29-23-26-32-40-48-56-70(6)7)94-77(82)60-52-44-34-27-21-17-15-13-11-10-12-14-16-19-24-30-38-46-54-68(2)3/h68-74,79H,9-67H2,1-8H3,(H,84,85)(H,86,87)/t71?,72-,73-,74-/m1/s1. The molecular formula is C78H152O17P2. The van der Waals surface area contributed by atoms with Gasteiger partial charge >= 0.3 is 39.5 Å². The molecule has 0 aromatic heterocycles. The molecule has 576 valence electrons. The van der Waals surface area contributed by atoms with E-state index in [1.54, 1.807) is 0 Å². The van der Waals surface area contributed by atoms with Crippen LogP contribution < -0.4 is 0 Å². The van der Waals surface area contributed by atoms with Crippen LogP contribution in [0.4, 0.5) is 0 Å². The minimum Gasteiger partial charge on any atom is -0.462 e. The van der Waals surface area contributed by atoms with Gasteiger partial charge in [-0.05, 0) is 49.4 Å². The van der Waals surface area contributed by atoms with Crippen molar-refractivity contribution in [1.82, 2.24) is 0 Å². The van der Waals surface area contributed by atoms with E-state index in [9.17, 15) is 43.2 Å². The Bertz CT molecular complexity index is 1900. The number of ether oxygens (including phenoxy) is 4. The Hall–Kier alpha value is -1.94. The highest BCUT2D eigenvalue weighted by Crippen LogP contribution is 2.45. The van der Waals surface area contributed by atoms with Gasteiger partial charge < -0.3 is 33.8 Å². The van der Waals surface area contributed by atoms with Gasteiger partial charge in [0.1, 0.15) is 19.3 Å². The number of esters is 4. The Morgan fingerprint density at radius 2 is 0.495 bits per heavy atom. The minimum absolute atomic E-state index is 0.105. The Kier molecular flexibility index (Phi) is 65.9. The molecule has 0 saturated heterocycles. The van der Waals surface area contributed by atoms with Gasteiger partial charge in [0.15, 0.2) is 12.2 Å². The average molecular weight is 1420 g/mol. The van der Waals surface area contributed by atoms with Crippen molar-refractivity contribution < 1.29 is 80.2 Å². The molecule has 97 heavy (non-hydrogen) atoms. The molecule has 0 saturated carbocycles. The smallest absolute Gasteiger partial charge is 0.462 e. The summed E-state index contributed by atoms with van der Waals surface area (Å²) in [5, 5.41) is 10.6. The molecule has 0 fully saturated rings. The Balaban J connectivity index is 5.21. The average Bonchev–Trinajstić information content (AvgIpc) is 2.33. The first-order valence-corrected chi connectivity index (χ1v) is 43.2. The fraction of sp³-hybridized carbons (Fsp3) is 0.949. The van der Waals surface area contributed by atoms with Gasteiger partial charge in [0.25, 0.3) is 0 Å². The van der Waals surface area contributed by atoms with Crippen LogP contribution in [-0.2, 0) is 65.4 Å². The fourth-order valence-electron chi connectivity index (χ4n) is 11.9. The molecule has 17 nitrogen and oxygen atoms in total. The fourth-order valence-corrected chi connectivity index (χ4v) is 13.5. The Morgan fingerprint density at radius 1 is 0.289 bits per heavy atom. The van der Waals surface area contributed by atoms with E-state index in [0.29, 0.717) is 25.7 Å². The van der Waals surface area contributed by atoms with E-state index in [1.807, 2.05) is 0 Å². The lowest BCUT2D eigenvalue weighted by atomic mass is 10.00. The first-order chi connectivity index (χ1) is 46.6. The van der Waals surface area contributed by atoms with Gasteiger partial charge in [-0.25, -0.2) is 9.13 Å². The van der Waals surface area contributed by atoms with Crippen molar-refractivity contribution in [3.05, 3.63) is 0 Å². The van der Waals surface area contributed by atoms with Gasteiger partial charge in [-0.2, -0.15) is 0 Å². The monoisotopic (exact) mass is 1420 g/mol. The third-order valence-corrected chi connectivity index (χ3v) is 20.3. The van der Waals surface area contributed by atoms with Gasteiger partial charge in [0, 0.05) is 25.7 Å². The maximum Gasteiger partial charge on any atom is 0.472 e. The van der Waals surface area contributed by atoms with Crippen LogP contribution in [0.5, 0.6) is 0 Å². The number of aliphatic hydroxyl groups excluding tert-OH is 1. The van der Waals surface area contributed by atoms with E-state index in [4.69, 9.17) is 37.0 Å². The summed E-state index contributed by atoms with van der Waals surface area (Å²) in [5.74, 6) is 0.940. The van der Waals surface area contributed by atoms with Gasteiger partial charge in [-0.3, -0.25) is 37.3 Å². The third kappa shape index (κ3) is 70.9. The lowest BCUT2D eigenvalue weighted by Crippen LogP contribution is -2.30. The molecule has 6 atom stereocenters. The maximum atomic E-state index is 13.1. The van der Waals surface area contributed by atoms with Crippen LogP contribution in [0.3, 0.4) is 0 Å². The summed E-state index contributed by atoms with van der Waals surface area (Å²) < 4.78 is 68.6. The van der Waals surface area contributed by atoms with Crippen molar-refractivity contribution in [3.63, 3.8) is 0 Å². The topological polar surface area (TPSA) is 237 Å². The Labute approximate surface area is 594 Å². The van der Waals surface area contributed by atoms with Crippen LogP contribution in [0, 0.1) is 23.7 Å². The van der Waals surface area contributed by atoms with E-state index >= 15 is 0 Å². The first-order valence-electron chi connectivity index (χ1n) is 40.2. The molecule has 0 aromatic rings. The highest BCUT2D eigenvalue weighted by Gasteiger charge is 2.30. The molecule has 0 bridgehead atoms. The second-order valence-corrected chi connectivity index (χ2v) is 32.7.